The maximum atomic E-state index is 10.5. The van der Waals surface area contributed by atoms with E-state index in [2.05, 4.69) is 23.3 Å². The highest BCUT2D eigenvalue weighted by molar-refractivity contribution is 5.76. The number of esters is 1. The largest absolute Gasteiger partial charge is 0.481 e. The Labute approximate surface area is 182 Å². The topological polar surface area (TPSA) is 113 Å². The normalized spacial score (nSPS) is 16.1. The number of unbranched alkanes of at least 4 members (excludes halogenated alkanes) is 4. The van der Waals surface area contributed by atoms with E-state index in [9.17, 15) is 14.4 Å². The summed E-state index contributed by atoms with van der Waals surface area (Å²) in [6, 6.07) is 0. The van der Waals surface area contributed by atoms with Crippen molar-refractivity contribution in [2.75, 3.05) is 13.2 Å². The van der Waals surface area contributed by atoms with Crippen LogP contribution in [0.1, 0.15) is 98.8 Å². The van der Waals surface area contributed by atoms with Crippen LogP contribution in [0.3, 0.4) is 0 Å². The highest BCUT2D eigenvalue weighted by atomic mass is 16.6. The van der Waals surface area contributed by atoms with E-state index in [1.165, 1.54) is 0 Å². The van der Waals surface area contributed by atoms with Gasteiger partial charge in [-0.1, -0.05) is 66.2 Å². The van der Waals surface area contributed by atoms with Gasteiger partial charge in [0.2, 0.25) is 0 Å². The van der Waals surface area contributed by atoms with Gasteiger partial charge >= 0.3 is 17.9 Å². The molecule has 0 aromatic carbocycles. The number of carbonyl (C=O) groups is 3. The van der Waals surface area contributed by atoms with E-state index < -0.39 is 11.9 Å². The SMILES string of the molecule is CCCCCC(CC)C(=O)O.CCCCCC(CC)C(=O)O.CCOC(=O)C1CO1. The monoisotopic (exact) mass is 432 g/mol. The summed E-state index contributed by atoms with van der Waals surface area (Å²) in [5, 5.41) is 17.3. The standard InChI is InChI=1S/2C9H18O2.C5H8O3/c2*1-3-5-6-7-8(4-2)9(10)11;1-2-7-5(6)4-3-8-4/h2*8H,3-7H2,1-2H3,(H,10,11);4H,2-3H2,1H3. The molecule has 1 aliphatic heterocycles. The molecule has 1 fully saturated rings. The molecular formula is C23H44O7. The van der Waals surface area contributed by atoms with Crippen LogP contribution in [0.2, 0.25) is 0 Å². The lowest BCUT2D eigenvalue weighted by Crippen LogP contribution is -2.12. The number of hydrogen-bond acceptors (Lipinski definition) is 5. The molecule has 1 aliphatic rings. The summed E-state index contributed by atoms with van der Waals surface area (Å²) in [4.78, 5) is 31.5. The second-order valence-electron chi connectivity index (χ2n) is 7.45. The van der Waals surface area contributed by atoms with Crippen LogP contribution in [0.25, 0.3) is 0 Å². The number of rotatable bonds is 14. The lowest BCUT2D eigenvalue weighted by Gasteiger charge is -2.07. The van der Waals surface area contributed by atoms with Gasteiger partial charge in [0.1, 0.15) is 0 Å². The lowest BCUT2D eigenvalue weighted by molar-refractivity contribution is -0.144. The molecule has 0 saturated carbocycles. The highest BCUT2D eigenvalue weighted by Gasteiger charge is 2.32. The molecule has 0 aromatic heterocycles. The predicted octanol–water partition coefficient (Wildman–Crippen LogP) is 5.30. The average Bonchev–Trinajstić information content (AvgIpc) is 3.55. The highest BCUT2D eigenvalue weighted by Crippen LogP contribution is 2.14. The van der Waals surface area contributed by atoms with Crippen molar-refractivity contribution in [3.63, 3.8) is 0 Å². The predicted molar refractivity (Wildman–Crippen MR) is 117 cm³/mol. The molecule has 0 aromatic rings. The van der Waals surface area contributed by atoms with E-state index in [-0.39, 0.29) is 23.9 Å². The fraction of sp³-hybridized carbons (Fsp3) is 0.870. The Kier molecular flexibility index (Phi) is 21.0. The van der Waals surface area contributed by atoms with E-state index in [4.69, 9.17) is 10.2 Å². The van der Waals surface area contributed by atoms with Crippen LogP contribution in [0, 0.1) is 11.8 Å². The first-order valence-corrected chi connectivity index (χ1v) is 11.5. The number of aliphatic carboxylic acids is 2. The van der Waals surface area contributed by atoms with E-state index in [0.717, 1.165) is 64.2 Å². The molecule has 2 N–H and O–H groups in total. The molecule has 3 unspecified atom stereocenters. The van der Waals surface area contributed by atoms with Crippen molar-refractivity contribution in [2.45, 2.75) is 105 Å². The molecule has 0 radical (unpaired) electrons. The van der Waals surface area contributed by atoms with Crippen molar-refractivity contribution < 1.29 is 34.1 Å². The van der Waals surface area contributed by atoms with Crippen molar-refractivity contribution in [3.05, 3.63) is 0 Å². The van der Waals surface area contributed by atoms with Gasteiger partial charge in [-0.25, -0.2) is 4.79 Å². The first-order chi connectivity index (χ1) is 14.3. The first kappa shape index (κ1) is 30.6. The molecule has 7 heteroatoms. The van der Waals surface area contributed by atoms with Crippen molar-refractivity contribution in [1.29, 1.82) is 0 Å². The third-order valence-electron chi connectivity index (χ3n) is 4.88. The van der Waals surface area contributed by atoms with Gasteiger partial charge in [0.05, 0.1) is 25.0 Å². The third kappa shape index (κ3) is 18.4. The van der Waals surface area contributed by atoms with Gasteiger partial charge in [0, 0.05) is 0 Å². The summed E-state index contributed by atoms with van der Waals surface area (Å²) in [5.74, 6) is -1.72. The molecule has 1 rings (SSSR count). The van der Waals surface area contributed by atoms with Gasteiger partial charge in [0.15, 0.2) is 6.10 Å². The third-order valence-corrected chi connectivity index (χ3v) is 4.88. The van der Waals surface area contributed by atoms with E-state index in [0.29, 0.717) is 13.2 Å². The van der Waals surface area contributed by atoms with Gasteiger partial charge in [-0.3, -0.25) is 9.59 Å². The molecule has 0 bridgehead atoms. The van der Waals surface area contributed by atoms with Gasteiger partial charge in [-0.2, -0.15) is 0 Å². The molecular weight excluding hydrogens is 388 g/mol. The van der Waals surface area contributed by atoms with Crippen LogP contribution in [-0.4, -0.2) is 47.4 Å². The summed E-state index contributed by atoms with van der Waals surface area (Å²) in [6.45, 7) is 10.9. The quantitative estimate of drug-likeness (QED) is 0.217. The maximum Gasteiger partial charge on any atom is 0.337 e. The van der Waals surface area contributed by atoms with E-state index >= 15 is 0 Å². The second kappa shape index (κ2) is 20.6. The molecule has 7 nitrogen and oxygen atoms in total. The number of hydrogen-bond donors (Lipinski definition) is 2. The second-order valence-corrected chi connectivity index (χ2v) is 7.45. The van der Waals surface area contributed by atoms with Crippen LogP contribution in [-0.2, 0) is 23.9 Å². The molecule has 0 aliphatic carbocycles. The zero-order valence-electron chi connectivity index (χ0n) is 19.7. The van der Waals surface area contributed by atoms with Crippen LogP contribution < -0.4 is 0 Å². The smallest absolute Gasteiger partial charge is 0.337 e. The summed E-state index contributed by atoms with van der Waals surface area (Å²) >= 11 is 0. The van der Waals surface area contributed by atoms with Crippen molar-refractivity contribution >= 4 is 17.9 Å². The molecule has 1 saturated heterocycles. The van der Waals surface area contributed by atoms with Crippen LogP contribution in [0.4, 0.5) is 0 Å². The van der Waals surface area contributed by atoms with Gasteiger partial charge in [-0.05, 0) is 32.6 Å². The Bertz CT molecular complexity index is 419. The zero-order valence-corrected chi connectivity index (χ0v) is 19.7. The van der Waals surface area contributed by atoms with Crippen molar-refractivity contribution in [2.24, 2.45) is 11.8 Å². The summed E-state index contributed by atoms with van der Waals surface area (Å²) < 4.78 is 9.25. The lowest BCUT2D eigenvalue weighted by atomic mass is 9.99. The van der Waals surface area contributed by atoms with E-state index in [1.54, 1.807) is 6.92 Å². The fourth-order valence-electron chi connectivity index (χ4n) is 2.71. The Morgan fingerprint density at radius 3 is 1.47 bits per heavy atom. The van der Waals surface area contributed by atoms with Gasteiger partial charge in [-0.15, -0.1) is 0 Å². The Morgan fingerprint density at radius 2 is 1.23 bits per heavy atom. The number of carboxylic acid groups (broad SMARTS) is 2. The molecule has 178 valence electrons. The Balaban J connectivity index is 0. The molecule has 1 heterocycles. The molecule has 30 heavy (non-hydrogen) atoms. The van der Waals surface area contributed by atoms with Crippen molar-refractivity contribution in [1.82, 2.24) is 0 Å². The maximum absolute atomic E-state index is 10.5. The van der Waals surface area contributed by atoms with Crippen LogP contribution in [0.15, 0.2) is 0 Å². The minimum absolute atomic E-state index is 0.110. The molecule has 0 amide bonds. The fourth-order valence-corrected chi connectivity index (χ4v) is 2.71. The first-order valence-electron chi connectivity index (χ1n) is 11.5. The van der Waals surface area contributed by atoms with Crippen LogP contribution in [0.5, 0.6) is 0 Å². The molecule has 3 atom stereocenters. The number of epoxide rings is 1. The summed E-state index contributed by atoms with van der Waals surface area (Å²) in [6.07, 6.45) is 9.73. The zero-order chi connectivity index (χ0) is 23.4. The minimum atomic E-state index is -0.636. The summed E-state index contributed by atoms with van der Waals surface area (Å²) in [7, 11) is 0. The number of ether oxygens (including phenoxy) is 2. The minimum Gasteiger partial charge on any atom is -0.481 e. The number of carboxylic acids is 2. The Hall–Kier alpha value is -1.63. The van der Waals surface area contributed by atoms with Gasteiger partial charge < -0.3 is 19.7 Å². The van der Waals surface area contributed by atoms with E-state index in [1.807, 2.05) is 13.8 Å². The molecule has 0 spiro atoms. The Morgan fingerprint density at radius 1 is 0.833 bits per heavy atom. The van der Waals surface area contributed by atoms with Crippen LogP contribution >= 0.6 is 0 Å². The summed E-state index contributed by atoms with van der Waals surface area (Å²) in [5.41, 5.74) is 0. The number of carbonyl (C=O) groups excluding carboxylic acids is 1. The average molecular weight is 433 g/mol. The van der Waals surface area contributed by atoms with Gasteiger partial charge in [0.25, 0.3) is 0 Å². The van der Waals surface area contributed by atoms with Crippen molar-refractivity contribution in [3.8, 4) is 0 Å².